The van der Waals surface area contributed by atoms with E-state index in [1.165, 1.54) is 53.4 Å². The topological polar surface area (TPSA) is 316 Å². The Balaban J connectivity index is 1.73. The van der Waals surface area contributed by atoms with Crippen molar-refractivity contribution in [3.8, 4) is 5.75 Å². The van der Waals surface area contributed by atoms with Gasteiger partial charge in [0.2, 0.25) is 29.5 Å². The van der Waals surface area contributed by atoms with Crippen LogP contribution in [0.25, 0.3) is 0 Å². The minimum Gasteiger partial charge on any atom is -0.508 e. The summed E-state index contributed by atoms with van der Waals surface area (Å²) in [5.41, 5.74) is 17.3. The molecule has 0 bridgehead atoms. The lowest BCUT2D eigenvalue weighted by Crippen LogP contribution is -2.55. The lowest BCUT2D eigenvalue weighted by atomic mass is 10.0. The Morgan fingerprint density at radius 1 is 0.920 bits per heavy atom. The van der Waals surface area contributed by atoms with Gasteiger partial charge in [0.25, 0.3) is 5.69 Å². The monoisotopic (exact) mass is 697 g/mol. The van der Waals surface area contributed by atoms with Gasteiger partial charge >= 0.3 is 5.97 Å². The van der Waals surface area contributed by atoms with Crippen LogP contribution in [0.4, 0.5) is 5.69 Å². The Morgan fingerprint density at radius 2 is 1.54 bits per heavy atom. The van der Waals surface area contributed by atoms with Gasteiger partial charge in [-0.05, 0) is 42.5 Å². The second-order valence-electron chi connectivity index (χ2n) is 11.5. The molecule has 0 unspecified atom stereocenters. The Hall–Kier alpha value is -6.27. The number of non-ortho nitro benzene ring substituents is 1. The fourth-order valence-corrected chi connectivity index (χ4v) is 5.29. The number of primary amides is 1. The van der Waals surface area contributed by atoms with Gasteiger partial charge < -0.3 is 48.3 Å². The van der Waals surface area contributed by atoms with Crippen LogP contribution >= 0.6 is 0 Å². The fraction of sp³-hybridized carbons (Fsp3) is 0.387. The summed E-state index contributed by atoms with van der Waals surface area (Å²) in [5.74, 6) is -5.65. The number of aliphatic imine (C=N–C) groups is 1. The number of hydrogen-bond donors (Lipinski definition) is 8. The van der Waals surface area contributed by atoms with E-state index in [-0.39, 0.29) is 37.2 Å². The van der Waals surface area contributed by atoms with Crippen molar-refractivity contribution >= 4 is 47.2 Å². The molecular weight excluding hydrogens is 658 g/mol. The van der Waals surface area contributed by atoms with E-state index in [1.54, 1.807) is 0 Å². The van der Waals surface area contributed by atoms with Gasteiger partial charge in [0.05, 0.1) is 11.5 Å². The van der Waals surface area contributed by atoms with Crippen LogP contribution in [0.5, 0.6) is 5.75 Å². The maximum Gasteiger partial charge on any atom is 0.303 e. The summed E-state index contributed by atoms with van der Waals surface area (Å²) in [6, 6.07) is 6.28. The summed E-state index contributed by atoms with van der Waals surface area (Å²) in [4.78, 5) is 91.9. The minimum absolute atomic E-state index is 0.0148. The van der Waals surface area contributed by atoms with Crippen LogP contribution in [0.15, 0.2) is 53.5 Å². The first-order chi connectivity index (χ1) is 23.6. The van der Waals surface area contributed by atoms with Crippen molar-refractivity contribution in [3.63, 3.8) is 0 Å². The Kier molecular flexibility index (Phi) is 13.6. The number of carboxylic acid groups (broad SMARTS) is 1. The largest absolute Gasteiger partial charge is 0.508 e. The molecule has 268 valence electrons. The number of nitro benzene ring substituents is 1. The molecule has 2 aromatic rings. The molecule has 19 heteroatoms. The number of carbonyl (C=O) groups is 6. The van der Waals surface area contributed by atoms with E-state index in [9.17, 15) is 49.1 Å². The number of nitrogens with one attached hydrogen (secondary N) is 3. The molecule has 11 N–H and O–H groups in total. The first-order valence-corrected chi connectivity index (χ1v) is 15.4. The number of aliphatic carboxylic acids is 1. The van der Waals surface area contributed by atoms with Crippen molar-refractivity contribution in [2.24, 2.45) is 22.2 Å². The molecule has 1 aliphatic rings. The molecule has 0 radical (unpaired) electrons. The second kappa shape index (κ2) is 17.8. The summed E-state index contributed by atoms with van der Waals surface area (Å²) in [5, 5.41) is 37.1. The highest BCUT2D eigenvalue weighted by molar-refractivity contribution is 5.95. The van der Waals surface area contributed by atoms with Crippen molar-refractivity contribution < 1.29 is 43.9 Å². The third-order valence-corrected chi connectivity index (χ3v) is 7.76. The number of phenolic OH excluding ortho intramolecular Hbond substituents is 1. The van der Waals surface area contributed by atoms with Crippen molar-refractivity contribution in [2.45, 2.75) is 62.7 Å². The zero-order chi connectivity index (χ0) is 37.0. The lowest BCUT2D eigenvalue weighted by Gasteiger charge is -2.28. The van der Waals surface area contributed by atoms with Crippen LogP contribution in [0.1, 0.15) is 36.8 Å². The number of nitrogens with zero attached hydrogens (tertiary/aromatic N) is 3. The number of hydrogen-bond acceptors (Lipinski definition) is 10. The molecule has 5 amide bonds. The zero-order valence-corrected chi connectivity index (χ0v) is 26.8. The van der Waals surface area contributed by atoms with Crippen molar-refractivity contribution in [1.29, 1.82) is 0 Å². The van der Waals surface area contributed by atoms with Crippen LogP contribution < -0.4 is 33.2 Å². The normalized spacial score (nSPS) is 15.5. The van der Waals surface area contributed by atoms with Crippen LogP contribution in [-0.4, -0.2) is 98.8 Å². The predicted molar refractivity (Wildman–Crippen MR) is 176 cm³/mol. The van der Waals surface area contributed by atoms with Gasteiger partial charge in [-0.3, -0.25) is 38.9 Å². The number of phenols is 1. The van der Waals surface area contributed by atoms with E-state index < -0.39 is 83.5 Å². The number of guanidine groups is 1. The van der Waals surface area contributed by atoms with Gasteiger partial charge in [0, 0.05) is 37.9 Å². The maximum atomic E-state index is 13.5. The average Bonchev–Trinajstić information content (AvgIpc) is 3.56. The van der Waals surface area contributed by atoms with Gasteiger partial charge in [0.15, 0.2) is 5.96 Å². The number of benzene rings is 2. The Morgan fingerprint density at radius 3 is 2.12 bits per heavy atom. The van der Waals surface area contributed by atoms with Crippen LogP contribution in [0, 0.1) is 10.1 Å². The molecule has 50 heavy (non-hydrogen) atoms. The number of nitro groups is 1. The quantitative estimate of drug-likeness (QED) is 0.0391. The summed E-state index contributed by atoms with van der Waals surface area (Å²) >= 11 is 0. The van der Waals surface area contributed by atoms with Gasteiger partial charge in [-0.15, -0.1) is 0 Å². The Bertz CT molecular complexity index is 1610. The minimum atomic E-state index is -1.44. The number of likely N-dealkylation sites (tertiary alicyclic amines) is 1. The van der Waals surface area contributed by atoms with Crippen LogP contribution in [0.2, 0.25) is 0 Å². The second-order valence-corrected chi connectivity index (χ2v) is 11.5. The predicted octanol–water partition coefficient (Wildman–Crippen LogP) is -1.85. The molecule has 3 rings (SSSR count). The third kappa shape index (κ3) is 11.5. The standard InChI is InChI=1S/C31H39N9O10/c32-27(45)24-2-1-13-39(24)30(48)23(15-17-3-7-19(8-4-17)40(49)50)36-25(42)16-35-28(46)21(11-12-26(43)44)37-29(47)22(38-31(33)34)14-18-5-9-20(41)10-6-18/h3-10,21-24,41H,1-2,11-16H2,(H2,32,45)(H,35,46)(H,36,42)(H,37,47)(H,43,44)(H4,33,34,38)/t21-,22-,23-,24-/m0/s1. The first kappa shape index (κ1) is 38.2. The van der Waals surface area contributed by atoms with Gasteiger partial charge in [-0.1, -0.05) is 24.3 Å². The number of rotatable bonds is 17. The van der Waals surface area contributed by atoms with Crippen molar-refractivity contribution in [2.75, 3.05) is 13.1 Å². The smallest absolute Gasteiger partial charge is 0.303 e. The molecule has 0 saturated carbocycles. The van der Waals surface area contributed by atoms with E-state index in [4.69, 9.17) is 17.2 Å². The van der Waals surface area contributed by atoms with Gasteiger partial charge in [-0.25, -0.2) is 4.99 Å². The van der Waals surface area contributed by atoms with E-state index >= 15 is 0 Å². The van der Waals surface area contributed by atoms with E-state index in [0.29, 0.717) is 24.0 Å². The van der Waals surface area contributed by atoms with E-state index in [2.05, 4.69) is 20.9 Å². The van der Waals surface area contributed by atoms with E-state index in [1.807, 2.05) is 0 Å². The summed E-state index contributed by atoms with van der Waals surface area (Å²) < 4.78 is 0. The molecule has 4 atom stereocenters. The molecule has 1 heterocycles. The van der Waals surface area contributed by atoms with Crippen LogP contribution in [0.3, 0.4) is 0 Å². The lowest BCUT2D eigenvalue weighted by molar-refractivity contribution is -0.384. The number of carbonyl (C=O) groups excluding carboxylic acids is 5. The summed E-state index contributed by atoms with van der Waals surface area (Å²) in [6.07, 6.45) is -0.237. The van der Waals surface area contributed by atoms with E-state index in [0.717, 1.165) is 0 Å². The molecule has 0 aromatic heterocycles. The maximum absolute atomic E-state index is 13.5. The van der Waals surface area contributed by atoms with Gasteiger partial charge in [-0.2, -0.15) is 0 Å². The fourth-order valence-electron chi connectivity index (χ4n) is 5.29. The van der Waals surface area contributed by atoms with Gasteiger partial charge in [0.1, 0.15) is 29.9 Å². The molecule has 19 nitrogen and oxygen atoms in total. The summed E-state index contributed by atoms with van der Waals surface area (Å²) in [6.45, 7) is -0.499. The highest BCUT2D eigenvalue weighted by atomic mass is 16.6. The molecule has 1 saturated heterocycles. The molecule has 0 spiro atoms. The molecule has 2 aromatic carbocycles. The third-order valence-electron chi connectivity index (χ3n) is 7.76. The number of carboxylic acids is 1. The van der Waals surface area contributed by atoms with Crippen molar-refractivity contribution in [3.05, 3.63) is 69.8 Å². The average molecular weight is 698 g/mol. The zero-order valence-electron chi connectivity index (χ0n) is 26.8. The highest BCUT2D eigenvalue weighted by Crippen LogP contribution is 2.20. The number of aromatic hydroxyl groups is 1. The number of nitrogens with two attached hydrogens (primary N) is 3. The Labute approximate surface area is 285 Å². The summed E-state index contributed by atoms with van der Waals surface area (Å²) in [7, 11) is 0. The van der Waals surface area contributed by atoms with Crippen molar-refractivity contribution in [1.82, 2.24) is 20.9 Å². The first-order valence-electron chi connectivity index (χ1n) is 15.4. The highest BCUT2D eigenvalue weighted by Gasteiger charge is 2.37. The number of amides is 5. The molecule has 0 aliphatic carbocycles. The SMILES string of the molecule is NC(=O)[C@@H]1CCCN1C(=O)[C@H](Cc1ccc([N+](=O)[O-])cc1)NC(=O)CNC(=O)[C@H](CCC(=O)O)NC(=O)[C@H](Cc1ccc(O)cc1)N=C(N)N. The molecule has 1 aliphatic heterocycles. The molecular formula is C31H39N9O10. The molecule has 1 fully saturated rings. The van der Waals surface area contributed by atoms with Crippen LogP contribution in [-0.2, 0) is 41.6 Å².